The lowest BCUT2D eigenvalue weighted by atomic mass is 10.2. The molecule has 0 radical (unpaired) electrons. The third-order valence-electron chi connectivity index (χ3n) is 6.99. The second kappa shape index (κ2) is 13.4. The van der Waals surface area contributed by atoms with Gasteiger partial charge < -0.3 is 18.6 Å². The van der Waals surface area contributed by atoms with Crippen molar-refractivity contribution in [2.24, 2.45) is 0 Å². The number of ether oxygens (including phenoxy) is 2. The van der Waals surface area contributed by atoms with E-state index in [4.69, 9.17) is 19.4 Å². The van der Waals surface area contributed by atoms with Gasteiger partial charge in [0.15, 0.2) is 10.3 Å². The Kier molecular flexibility index (Phi) is 9.01. The quantitative estimate of drug-likeness (QED) is 0.0996. The fourth-order valence-electron chi connectivity index (χ4n) is 4.80. The first-order valence-electron chi connectivity index (χ1n) is 14.2. The Labute approximate surface area is 255 Å². The highest BCUT2D eigenvalue weighted by molar-refractivity contribution is 8.02. The predicted octanol–water partition coefficient (Wildman–Crippen LogP) is 8.05. The summed E-state index contributed by atoms with van der Waals surface area (Å²) in [4.78, 5) is 9.89. The zero-order valence-electron chi connectivity index (χ0n) is 23.9. The molecule has 4 aromatic carbocycles. The molecular formula is C34H34N4O2S2. The fraction of sp³-hybridized carbons (Fsp3) is 0.235. The zero-order valence-corrected chi connectivity index (χ0v) is 25.5. The Hall–Kier alpha value is -3.88. The molecule has 6 nitrogen and oxygen atoms in total. The second-order valence-corrected chi connectivity index (χ2v) is 12.2. The van der Waals surface area contributed by atoms with Crippen LogP contribution < -0.4 is 9.47 Å². The number of aromatic nitrogens is 4. The molecule has 0 aliphatic rings. The molecule has 42 heavy (non-hydrogen) atoms. The normalized spacial score (nSPS) is 11.4. The van der Waals surface area contributed by atoms with Crippen molar-refractivity contribution >= 4 is 45.6 Å². The highest BCUT2D eigenvalue weighted by atomic mass is 32.2. The van der Waals surface area contributed by atoms with Crippen molar-refractivity contribution in [3.8, 4) is 11.5 Å². The summed E-state index contributed by atoms with van der Waals surface area (Å²) in [6.45, 7) is 6.81. The zero-order chi connectivity index (χ0) is 28.7. The van der Waals surface area contributed by atoms with Gasteiger partial charge in [-0.2, -0.15) is 0 Å². The van der Waals surface area contributed by atoms with Gasteiger partial charge >= 0.3 is 0 Å². The Bertz CT molecular complexity index is 1630. The van der Waals surface area contributed by atoms with Crippen LogP contribution >= 0.6 is 23.5 Å². The van der Waals surface area contributed by atoms with Crippen LogP contribution in [-0.2, 0) is 13.1 Å². The van der Waals surface area contributed by atoms with Gasteiger partial charge in [-0.3, -0.25) is 0 Å². The van der Waals surface area contributed by atoms with Gasteiger partial charge in [0.2, 0.25) is 0 Å². The molecular weight excluding hydrogens is 561 g/mol. The summed E-state index contributed by atoms with van der Waals surface area (Å²) >= 11 is 3.57. The smallest absolute Gasteiger partial charge is 0.169 e. The number of aryl methyl sites for hydroxylation is 2. The van der Waals surface area contributed by atoms with Crippen molar-refractivity contribution < 1.29 is 9.47 Å². The maximum atomic E-state index is 6.05. The van der Waals surface area contributed by atoms with Crippen LogP contribution in [0.2, 0.25) is 0 Å². The molecule has 214 valence electrons. The first kappa shape index (κ1) is 28.2. The van der Waals surface area contributed by atoms with E-state index in [1.165, 1.54) is 11.1 Å². The minimum Gasteiger partial charge on any atom is -0.492 e. The molecule has 0 fully saturated rings. The molecule has 6 rings (SSSR count). The summed E-state index contributed by atoms with van der Waals surface area (Å²) in [6, 6.07) is 33.0. The Balaban J connectivity index is 1.09. The Morgan fingerprint density at radius 2 is 0.952 bits per heavy atom. The average molecular weight is 595 g/mol. The third kappa shape index (κ3) is 6.77. The molecule has 0 saturated heterocycles. The number of nitrogens with zero attached hydrogens (tertiary/aromatic N) is 4. The van der Waals surface area contributed by atoms with Crippen molar-refractivity contribution in [1.82, 2.24) is 19.1 Å². The number of thioether (sulfide) groups is 2. The van der Waals surface area contributed by atoms with Crippen LogP contribution in [0.3, 0.4) is 0 Å². The standard InChI is InChI=1S/C34H34N4O2S2/c1-25-11-15-27(16-12-25)39-21-19-37-31-9-5-3-7-29(31)35-33(37)41-23-24-42-34-36-30-8-4-6-10-32(30)38(34)20-22-40-28-17-13-26(2)14-18-28/h3-18H,19-24H2,1-2H3. The number of rotatable bonds is 13. The van der Waals surface area contributed by atoms with Gasteiger partial charge in [-0.1, -0.05) is 83.2 Å². The number of para-hydroxylation sites is 4. The van der Waals surface area contributed by atoms with Crippen LogP contribution in [0.25, 0.3) is 22.1 Å². The van der Waals surface area contributed by atoms with Crippen molar-refractivity contribution in [1.29, 1.82) is 0 Å². The molecule has 2 heterocycles. The van der Waals surface area contributed by atoms with Gasteiger partial charge in [0.1, 0.15) is 24.7 Å². The van der Waals surface area contributed by atoms with Gasteiger partial charge in [-0.05, 0) is 62.4 Å². The van der Waals surface area contributed by atoms with E-state index in [2.05, 4.69) is 83.6 Å². The third-order valence-corrected chi connectivity index (χ3v) is 9.21. The van der Waals surface area contributed by atoms with Crippen LogP contribution in [0.4, 0.5) is 0 Å². The Morgan fingerprint density at radius 1 is 0.548 bits per heavy atom. The number of imidazole rings is 2. The summed E-state index contributed by atoms with van der Waals surface area (Å²) in [5.41, 5.74) is 6.75. The van der Waals surface area contributed by atoms with Gasteiger partial charge in [0, 0.05) is 11.5 Å². The van der Waals surface area contributed by atoms with Crippen molar-refractivity contribution in [3.05, 3.63) is 108 Å². The van der Waals surface area contributed by atoms with Gasteiger partial charge in [0.05, 0.1) is 35.2 Å². The summed E-state index contributed by atoms with van der Waals surface area (Å²) < 4.78 is 16.6. The number of benzene rings is 4. The minimum atomic E-state index is 0.584. The maximum absolute atomic E-state index is 6.05. The van der Waals surface area contributed by atoms with E-state index in [1.807, 2.05) is 36.4 Å². The Morgan fingerprint density at radius 3 is 1.38 bits per heavy atom. The summed E-state index contributed by atoms with van der Waals surface area (Å²) in [5, 5.41) is 2.04. The van der Waals surface area contributed by atoms with E-state index in [0.717, 1.165) is 68.5 Å². The van der Waals surface area contributed by atoms with E-state index >= 15 is 0 Å². The second-order valence-electron chi connectivity index (χ2n) is 10.1. The van der Waals surface area contributed by atoms with Gasteiger partial charge in [0.25, 0.3) is 0 Å². The fourth-order valence-corrected chi connectivity index (χ4v) is 6.85. The van der Waals surface area contributed by atoms with Gasteiger partial charge in [-0.15, -0.1) is 0 Å². The molecule has 0 N–H and O–H groups in total. The first-order chi connectivity index (χ1) is 20.6. The SMILES string of the molecule is Cc1ccc(OCCn2c(SCCSc3nc4ccccc4n3CCOc3ccc(C)cc3)nc3ccccc32)cc1. The van der Waals surface area contributed by atoms with Crippen LogP contribution in [0.5, 0.6) is 11.5 Å². The van der Waals surface area contributed by atoms with E-state index in [1.54, 1.807) is 23.5 Å². The van der Waals surface area contributed by atoms with E-state index in [0.29, 0.717) is 13.2 Å². The molecule has 2 aromatic heterocycles. The molecule has 8 heteroatoms. The molecule has 0 aliphatic carbocycles. The molecule has 0 unspecified atom stereocenters. The molecule has 6 aromatic rings. The topological polar surface area (TPSA) is 54.1 Å². The number of fused-ring (bicyclic) bond motifs is 2. The van der Waals surface area contributed by atoms with Crippen LogP contribution in [0.1, 0.15) is 11.1 Å². The number of hydrogen-bond donors (Lipinski definition) is 0. The molecule has 0 aliphatic heterocycles. The van der Waals surface area contributed by atoms with E-state index in [9.17, 15) is 0 Å². The highest BCUT2D eigenvalue weighted by Crippen LogP contribution is 2.28. The predicted molar refractivity (Wildman–Crippen MR) is 174 cm³/mol. The minimum absolute atomic E-state index is 0.584. The molecule has 0 bridgehead atoms. The first-order valence-corrected chi connectivity index (χ1v) is 16.2. The van der Waals surface area contributed by atoms with E-state index in [-0.39, 0.29) is 0 Å². The van der Waals surface area contributed by atoms with Crippen LogP contribution in [-0.4, -0.2) is 43.8 Å². The maximum Gasteiger partial charge on any atom is 0.169 e. The van der Waals surface area contributed by atoms with Crippen molar-refractivity contribution in [3.63, 3.8) is 0 Å². The molecule has 0 saturated carbocycles. The molecule has 0 amide bonds. The largest absolute Gasteiger partial charge is 0.492 e. The van der Waals surface area contributed by atoms with Crippen LogP contribution in [0.15, 0.2) is 107 Å². The van der Waals surface area contributed by atoms with Crippen molar-refractivity contribution in [2.45, 2.75) is 37.2 Å². The van der Waals surface area contributed by atoms with Gasteiger partial charge in [-0.25, -0.2) is 9.97 Å². The summed E-state index contributed by atoms with van der Waals surface area (Å²) in [7, 11) is 0. The monoisotopic (exact) mass is 594 g/mol. The molecule has 0 spiro atoms. The lowest BCUT2D eigenvalue weighted by Crippen LogP contribution is -2.10. The summed E-state index contributed by atoms with van der Waals surface area (Å²) in [5.74, 6) is 3.61. The number of hydrogen-bond acceptors (Lipinski definition) is 6. The molecule has 0 atom stereocenters. The summed E-state index contributed by atoms with van der Waals surface area (Å²) in [6.07, 6.45) is 0. The van der Waals surface area contributed by atoms with E-state index < -0.39 is 0 Å². The van der Waals surface area contributed by atoms with Crippen molar-refractivity contribution in [2.75, 3.05) is 24.7 Å². The highest BCUT2D eigenvalue weighted by Gasteiger charge is 2.14. The van der Waals surface area contributed by atoms with Crippen LogP contribution in [0, 0.1) is 13.8 Å². The lowest BCUT2D eigenvalue weighted by molar-refractivity contribution is 0.295. The average Bonchev–Trinajstić information content (AvgIpc) is 3.55. The lowest BCUT2D eigenvalue weighted by Gasteiger charge is -2.12.